The summed E-state index contributed by atoms with van der Waals surface area (Å²) in [6.45, 7) is 0.137. The van der Waals surface area contributed by atoms with Crippen molar-refractivity contribution in [2.75, 3.05) is 25.5 Å². The molecule has 1 aromatic carbocycles. The third-order valence-electron chi connectivity index (χ3n) is 3.13. The Labute approximate surface area is 132 Å². The maximum Gasteiger partial charge on any atom is 0.204 e. The van der Waals surface area contributed by atoms with E-state index in [4.69, 9.17) is 16.7 Å². The first-order chi connectivity index (χ1) is 10.4. The van der Waals surface area contributed by atoms with Crippen LogP contribution in [0.15, 0.2) is 41.7 Å². The molecule has 0 aromatic heterocycles. The Balaban J connectivity index is 2.19. The van der Waals surface area contributed by atoms with Crippen LogP contribution < -0.4 is 5.32 Å². The first kappa shape index (κ1) is 16.1. The van der Waals surface area contributed by atoms with Gasteiger partial charge in [0.05, 0.1) is 28.7 Å². The molecule has 1 aliphatic carbocycles. The molecule has 1 aliphatic rings. The molecule has 3 N–H and O–H groups in total. The maximum atomic E-state index is 12.1. The van der Waals surface area contributed by atoms with Gasteiger partial charge in [-0.3, -0.25) is 9.59 Å². The first-order valence-corrected chi connectivity index (χ1v) is 6.89. The zero-order chi connectivity index (χ0) is 16.3. The molecule has 22 heavy (non-hydrogen) atoms. The van der Waals surface area contributed by atoms with Crippen LogP contribution in [-0.2, 0) is 9.59 Å². The number of aromatic hydroxyl groups is 1. The van der Waals surface area contributed by atoms with Gasteiger partial charge in [-0.05, 0) is 12.1 Å². The zero-order valence-corrected chi connectivity index (χ0v) is 12.6. The van der Waals surface area contributed by atoms with Crippen LogP contribution >= 0.6 is 11.6 Å². The van der Waals surface area contributed by atoms with Gasteiger partial charge in [-0.15, -0.1) is 0 Å². The highest BCUT2D eigenvalue weighted by molar-refractivity contribution is 6.33. The fraction of sp³-hybridized carbons (Fsp3) is 0.200. The average Bonchev–Trinajstić information content (AvgIpc) is 2.45. The molecule has 0 saturated heterocycles. The molecule has 2 rings (SSSR count). The molecular weight excluding hydrogens is 308 g/mol. The van der Waals surface area contributed by atoms with Gasteiger partial charge in [0, 0.05) is 31.8 Å². The number of rotatable bonds is 5. The van der Waals surface area contributed by atoms with Crippen molar-refractivity contribution in [3.05, 3.63) is 46.8 Å². The van der Waals surface area contributed by atoms with Crippen LogP contribution in [0.1, 0.15) is 0 Å². The molecule has 0 saturated carbocycles. The molecule has 116 valence electrons. The fourth-order valence-corrected chi connectivity index (χ4v) is 2.19. The predicted octanol–water partition coefficient (Wildman–Crippen LogP) is 1.30. The van der Waals surface area contributed by atoms with Gasteiger partial charge in [0.15, 0.2) is 0 Å². The van der Waals surface area contributed by atoms with Crippen LogP contribution in [0.4, 0.5) is 5.69 Å². The quantitative estimate of drug-likeness (QED) is 0.559. The predicted molar refractivity (Wildman–Crippen MR) is 82.6 cm³/mol. The number of nitrogens with zero attached hydrogens (tertiary/aromatic N) is 1. The van der Waals surface area contributed by atoms with E-state index in [9.17, 15) is 14.7 Å². The van der Waals surface area contributed by atoms with Crippen molar-refractivity contribution in [2.45, 2.75) is 0 Å². The van der Waals surface area contributed by atoms with Crippen molar-refractivity contribution in [1.29, 1.82) is 0 Å². The summed E-state index contributed by atoms with van der Waals surface area (Å²) >= 11 is 5.96. The third kappa shape index (κ3) is 3.47. The van der Waals surface area contributed by atoms with Crippen LogP contribution in [0.5, 0.6) is 5.75 Å². The van der Waals surface area contributed by atoms with E-state index in [0.717, 1.165) is 0 Å². The van der Waals surface area contributed by atoms with Gasteiger partial charge in [0.25, 0.3) is 0 Å². The number of hydrogen-bond donors (Lipinski definition) is 3. The Bertz CT molecular complexity index is 682. The van der Waals surface area contributed by atoms with Gasteiger partial charge in [0.1, 0.15) is 5.75 Å². The summed E-state index contributed by atoms with van der Waals surface area (Å²) in [5.74, 6) is -0.708. The fourth-order valence-electron chi connectivity index (χ4n) is 1.97. The summed E-state index contributed by atoms with van der Waals surface area (Å²) in [5, 5.41) is 21.2. The van der Waals surface area contributed by atoms with Crippen LogP contribution in [0, 0.1) is 0 Å². The van der Waals surface area contributed by atoms with E-state index < -0.39 is 0 Å². The number of nitrogens with one attached hydrogen (secondary N) is 1. The minimum atomic E-state index is -0.372. The van der Waals surface area contributed by atoms with Crippen LogP contribution in [0.25, 0.3) is 0 Å². The number of carbonyl (C=O) groups is 2. The Morgan fingerprint density at radius 3 is 2.59 bits per heavy atom. The van der Waals surface area contributed by atoms with Crippen molar-refractivity contribution in [3.8, 4) is 5.75 Å². The van der Waals surface area contributed by atoms with E-state index >= 15 is 0 Å². The van der Waals surface area contributed by atoms with E-state index in [1.807, 2.05) is 0 Å². The summed E-state index contributed by atoms with van der Waals surface area (Å²) in [6, 6.07) is 4.25. The molecule has 6 nitrogen and oxygen atoms in total. The summed E-state index contributed by atoms with van der Waals surface area (Å²) in [4.78, 5) is 25.7. The number of halogens is 1. The number of phenols is 1. The third-order valence-corrected chi connectivity index (χ3v) is 3.44. The van der Waals surface area contributed by atoms with Crippen molar-refractivity contribution in [1.82, 2.24) is 4.90 Å². The van der Waals surface area contributed by atoms with Crippen LogP contribution in [0.2, 0.25) is 5.02 Å². The maximum absolute atomic E-state index is 12.1. The molecule has 0 fully saturated rings. The van der Waals surface area contributed by atoms with E-state index in [2.05, 4.69) is 5.32 Å². The van der Waals surface area contributed by atoms with E-state index in [1.165, 1.54) is 35.3 Å². The number of ketones is 2. The SMILES string of the molecule is CN(CCO)C1=CC(=O)C(Nc2ccc(O)cc2Cl)=CC1=O. The van der Waals surface area contributed by atoms with Gasteiger partial charge < -0.3 is 20.4 Å². The second kappa shape index (κ2) is 6.64. The number of carbonyl (C=O) groups excluding carboxylic acids is 2. The summed E-state index contributed by atoms with van der Waals surface area (Å²) in [7, 11) is 1.62. The number of aliphatic hydroxyl groups excluding tert-OH is 1. The molecule has 0 radical (unpaired) electrons. The lowest BCUT2D eigenvalue weighted by Crippen LogP contribution is -2.30. The topological polar surface area (TPSA) is 89.9 Å². The molecule has 0 atom stereocenters. The standard InChI is InChI=1S/C15H15ClN2O4/c1-18(4-5-19)13-8-14(21)12(7-15(13)22)17-11-3-2-9(20)6-10(11)16/h2-3,6-8,17,19-20H,4-5H2,1H3. The molecular formula is C15H15ClN2O4. The van der Waals surface area contributed by atoms with Gasteiger partial charge in [-0.25, -0.2) is 0 Å². The van der Waals surface area contributed by atoms with E-state index in [-0.39, 0.29) is 46.9 Å². The van der Waals surface area contributed by atoms with Crippen molar-refractivity contribution in [2.24, 2.45) is 0 Å². The number of hydrogen-bond acceptors (Lipinski definition) is 6. The van der Waals surface area contributed by atoms with Gasteiger partial charge in [0.2, 0.25) is 11.6 Å². The number of phenolic OH excluding ortho intramolecular Hbond substituents is 1. The molecule has 7 heteroatoms. The van der Waals surface area contributed by atoms with Crippen LogP contribution in [0.3, 0.4) is 0 Å². The van der Waals surface area contributed by atoms with Crippen LogP contribution in [-0.4, -0.2) is 46.9 Å². The minimum Gasteiger partial charge on any atom is -0.508 e. The zero-order valence-electron chi connectivity index (χ0n) is 11.8. The lowest BCUT2D eigenvalue weighted by molar-refractivity contribution is -0.116. The molecule has 1 aromatic rings. The number of anilines is 1. The Kier molecular flexibility index (Phi) is 4.85. The smallest absolute Gasteiger partial charge is 0.204 e. The second-order valence-corrected chi connectivity index (χ2v) is 5.16. The molecule has 0 spiro atoms. The van der Waals surface area contributed by atoms with Crippen molar-refractivity contribution in [3.63, 3.8) is 0 Å². The Morgan fingerprint density at radius 1 is 1.23 bits per heavy atom. The average molecular weight is 323 g/mol. The van der Waals surface area contributed by atoms with E-state index in [0.29, 0.717) is 5.69 Å². The van der Waals surface area contributed by atoms with E-state index in [1.54, 1.807) is 7.05 Å². The number of allylic oxidation sites excluding steroid dienone is 2. The number of aliphatic hydroxyl groups is 1. The largest absolute Gasteiger partial charge is 0.508 e. The van der Waals surface area contributed by atoms with Gasteiger partial charge in [-0.2, -0.15) is 0 Å². The Hall–Kier alpha value is -2.31. The molecule has 0 amide bonds. The lowest BCUT2D eigenvalue weighted by Gasteiger charge is -2.22. The first-order valence-electron chi connectivity index (χ1n) is 6.52. The van der Waals surface area contributed by atoms with Crippen molar-refractivity contribution >= 4 is 28.9 Å². The van der Waals surface area contributed by atoms with Gasteiger partial charge in [-0.1, -0.05) is 11.6 Å². The number of benzene rings is 1. The second-order valence-electron chi connectivity index (χ2n) is 4.75. The highest BCUT2D eigenvalue weighted by Gasteiger charge is 2.23. The Morgan fingerprint density at radius 2 is 1.95 bits per heavy atom. The molecule has 0 heterocycles. The van der Waals surface area contributed by atoms with Crippen molar-refractivity contribution < 1.29 is 19.8 Å². The highest BCUT2D eigenvalue weighted by atomic mass is 35.5. The molecule has 0 unspecified atom stereocenters. The molecule has 0 bridgehead atoms. The minimum absolute atomic E-state index is 0.00314. The monoisotopic (exact) mass is 322 g/mol. The van der Waals surface area contributed by atoms with Gasteiger partial charge >= 0.3 is 0 Å². The summed E-state index contributed by atoms with van der Waals surface area (Å²) in [6.07, 6.45) is 2.41. The lowest BCUT2D eigenvalue weighted by atomic mass is 10.1. The number of likely N-dealkylation sites (N-methyl/N-ethyl adjacent to an activating group) is 1. The summed E-state index contributed by atoms with van der Waals surface area (Å²) in [5.41, 5.74) is 0.729. The molecule has 0 aliphatic heterocycles. The highest BCUT2D eigenvalue weighted by Crippen LogP contribution is 2.28. The normalized spacial score (nSPS) is 14.5. The summed E-state index contributed by atoms with van der Waals surface area (Å²) < 4.78 is 0.